The number of hydrogen-bond acceptors (Lipinski definition) is 3. The summed E-state index contributed by atoms with van der Waals surface area (Å²) < 4.78 is 0.776. The van der Waals surface area contributed by atoms with Gasteiger partial charge in [-0.1, -0.05) is 6.07 Å². The van der Waals surface area contributed by atoms with E-state index in [4.69, 9.17) is 0 Å². The average molecular weight is 327 g/mol. The van der Waals surface area contributed by atoms with Gasteiger partial charge in [-0.3, -0.25) is 9.80 Å². The van der Waals surface area contributed by atoms with E-state index in [1.807, 2.05) is 12.1 Å². The summed E-state index contributed by atoms with van der Waals surface area (Å²) in [6.07, 6.45) is 0. The minimum absolute atomic E-state index is 0.271. The van der Waals surface area contributed by atoms with E-state index < -0.39 is 0 Å². The Morgan fingerprint density at radius 3 is 2.32 bits per heavy atom. The molecule has 1 aliphatic heterocycles. The molecule has 1 heterocycles. The van der Waals surface area contributed by atoms with Crippen LogP contribution in [0.2, 0.25) is 0 Å². The topological polar surface area (TPSA) is 26.7 Å². The Morgan fingerprint density at radius 1 is 1.16 bits per heavy atom. The monoisotopic (exact) mass is 326 g/mol. The molecule has 106 valence electrons. The van der Waals surface area contributed by atoms with Crippen LogP contribution >= 0.6 is 15.9 Å². The first-order valence-electron chi connectivity index (χ1n) is 6.81. The van der Waals surface area contributed by atoms with Crippen molar-refractivity contribution in [2.24, 2.45) is 0 Å². The van der Waals surface area contributed by atoms with E-state index in [9.17, 15) is 5.11 Å². The van der Waals surface area contributed by atoms with Gasteiger partial charge in [0, 0.05) is 38.3 Å². The van der Waals surface area contributed by atoms with E-state index in [1.165, 1.54) is 5.56 Å². The number of benzene rings is 1. The number of rotatable bonds is 2. The molecule has 0 bridgehead atoms. The minimum atomic E-state index is 0.271. The molecule has 1 aromatic rings. The SMILES string of the molecule is CC(C)(C)N1CCN(Cc2ccc(O)c(Br)c2)CC1. The van der Waals surface area contributed by atoms with E-state index in [-0.39, 0.29) is 5.54 Å². The van der Waals surface area contributed by atoms with Crippen LogP contribution in [0.3, 0.4) is 0 Å². The fraction of sp³-hybridized carbons (Fsp3) is 0.600. The van der Waals surface area contributed by atoms with Gasteiger partial charge in [0.1, 0.15) is 5.75 Å². The number of phenols is 1. The molecule has 19 heavy (non-hydrogen) atoms. The molecule has 1 aliphatic rings. The van der Waals surface area contributed by atoms with Crippen LogP contribution in [0, 0.1) is 0 Å². The lowest BCUT2D eigenvalue weighted by Crippen LogP contribution is -2.53. The van der Waals surface area contributed by atoms with Gasteiger partial charge in [0.05, 0.1) is 4.47 Å². The Labute approximate surface area is 124 Å². The molecular weight excluding hydrogens is 304 g/mol. The lowest BCUT2D eigenvalue weighted by atomic mass is 10.0. The van der Waals surface area contributed by atoms with Crippen LogP contribution in [0.25, 0.3) is 0 Å². The molecule has 0 radical (unpaired) electrons. The van der Waals surface area contributed by atoms with Crippen molar-refractivity contribution >= 4 is 15.9 Å². The molecule has 0 saturated carbocycles. The van der Waals surface area contributed by atoms with Gasteiger partial charge in [0.25, 0.3) is 0 Å². The summed E-state index contributed by atoms with van der Waals surface area (Å²) in [6, 6.07) is 5.76. The Hall–Kier alpha value is -0.580. The molecule has 2 rings (SSSR count). The lowest BCUT2D eigenvalue weighted by molar-refractivity contribution is 0.0591. The summed E-state index contributed by atoms with van der Waals surface area (Å²) in [6.45, 7) is 12.3. The van der Waals surface area contributed by atoms with Crippen LogP contribution in [0.4, 0.5) is 0 Å². The molecule has 0 amide bonds. The normalized spacial score (nSPS) is 18.7. The molecule has 0 unspecified atom stereocenters. The van der Waals surface area contributed by atoms with Crippen molar-refractivity contribution in [1.82, 2.24) is 9.80 Å². The number of halogens is 1. The van der Waals surface area contributed by atoms with Crippen LogP contribution in [-0.2, 0) is 6.54 Å². The molecule has 1 fully saturated rings. The molecule has 3 nitrogen and oxygen atoms in total. The van der Waals surface area contributed by atoms with Gasteiger partial charge < -0.3 is 5.11 Å². The Balaban J connectivity index is 1.90. The van der Waals surface area contributed by atoms with Gasteiger partial charge in [0.2, 0.25) is 0 Å². The molecule has 0 atom stereocenters. The quantitative estimate of drug-likeness (QED) is 0.904. The maximum atomic E-state index is 9.51. The highest BCUT2D eigenvalue weighted by Crippen LogP contribution is 2.25. The second-order valence-electron chi connectivity index (χ2n) is 6.22. The number of nitrogens with zero attached hydrogens (tertiary/aromatic N) is 2. The predicted molar refractivity (Wildman–Crippen MR) is 82.4 cm³/mol. The number of hydrogen-bond donors (Lipinski definition) is 1. The maximum Gasteiger partial charge on any atom is 0.129 e. The average Bonchev–Trinajstić information content (AvgIpc) is 2.33. The van der Waals surface area contributed by atoms with Gasteiger partial charge in [-0.15, -0.1) is 0 Å². The fourth-order valence-electron chi connectivity index (χ4n) is 2.48. The molecule has 1 saturated heterocycles. The second kappa shape index (κ2) is 5.81. The Bertz CT molecular complexity index is 434. The lowest BCUT2D eigenvalue weighted by Gasteiger charge is -2.42. The zero-order valence-electron chi connectivity index (χ0n) is 12.0. The molecule has 1 aromatic carbocycles. The third kappa shape index (κ3) is 3.94. The molecule has 0 spiro atoms. The highest BCUT2D eigenvalue weighted by Gasteiger charge is 2.25. The van der Waals surface area contributed by atoms with Crippen LogP contribution in [-0.4, -0.2) is 46.6 Å². The predicted octanol–water partition coefficient (Wildman–Crippen LogP) is 3.07. The smallest absolute Gasteiger partial charge is 0.129 e. The zero-order chi connectivity index (χ0) is 14.0. The van der Waals surface area contributed by atoms with Gasteiger partial charge >= 0.3 is 0 Å². The number of aromatic hydroxyl groups is 1. The van der Waals surface area contributed by atoms with Gasteiger partial charge in [-0.2, -0.15) is 0 Å². The van der Waals surface area contributed by atoms with Crippen molar-refractivity contribution in [2.45, 2.75) is 32.9 Å². The standard InChI is InChI=1S/C15H23BrN2O/c1-15(2,3)18-8-6-17(7-9-18)11-12-4-5-14(19)13(16)10-12/h4-5,10,19H,6-9,11H2,1-3H3. The van der Waals surface area contributed by atoms with Crippen LogP contribution in [0.15, 0.2) is 22.7 Å². The van der Waals surface area contributed by atoms with Crippen molar-refractivity contribution in [3.8, 4) is 5.75 Å². The van der Waals surface area contributed by atoms with E-state index in [0.717, 1.165) is 37.2 Å². The summed E-state index contributed by atoms with van der Waals surface area (Å²) in [5.41, 5.74) is 1.52. The van der Waals surface area contributed by atoms with Crippen molar-refractivity contribution in [3.05, 3.63) is 28.2 Å². The van der Waals surface area contributed by atoms with E-state index >= 15 is 0 Å². The Morgan fingerprint density at radius 2 is 1.79 bits per heavy atom. The largest absolute Gasteiger partial charge is 0.507 e. The summed E-state index contributed by atoms with van der Waals surface area (Å²) in [5, 5.41) is 9.51. The second-order valence-corrected chi connectivity index (χ2v) is 7.07. The summed E-state index contributed by atoms with van der Waals surface area (Å²) in [5.74, 6) is 0.307. The summed E-state index contributed by atoms with van der Waals surface area (Å²) in [4.78, 5) is 5.01. The maximum absolute atomic E-state index is 9.51. The number of piperazine rings is 1. The molecule has 0 aliphatic carbocycles. The van der Waals surface area contributed by atoms with Crippen molar-refractivity contribution in [3.63, 3.8) is 0 Å². The first-order valence-corrected chi connectivity index (χ1v) is 7.60. The van der Waals surface area contributed by atoms with E-state index in [1.54, 1.807) is 6.07 Å². The first kappa shape index (κ1) is 14.8. The molecular formula is C15H23BrN2O. The minimum Gasteiger partial charge on any atom is -0.507 e. The molecule has 0 aromatic heterocycles. The van der Waals surface area contributed by atoms with Gasteiger partial charge in [0.15, 0.2) is 0 Å². The van der Waals surface area contributed by atoms with Crippen molar-refractivity contribution in [1.29, 1.82) is 0 Å². The molecule has 4 heteroatoms. The highest BCUT2D eigenvalue weighted by molar-refractivity contribution is 9.10. The summed E-state index contributed by atoms with van der Waals surface area (Å²) in [7, 11) is 0. The summed E-state index contributed by atoms with van der Waals surface area (Å²) >= 11 is 3.37. The van der Waals surface area contributed by atoms with Gasteiger partial charge in [-0.25, -0.2) is 0 Å². The third-order valence-corrected chi connectivity index (χ3v) is 4.37. The first-order chi connectivity index (χ1) is 8.86. The zero-order valence-corrected chi connectivity index (χ0v) is 13.6. The number of phenolic OH excluding ortho intramolecular Hbond substituents is 1. The van der Waals surface area contributed by atoms with Crippen LogP contribution in [0.5, 0.6) is 5.75 Å². The van der Waals surface area contributed by atoms with E-state index in [0.29, 0.717) is 5.75 Å². The Kier molecular flexibility index (Phi) is 4.54. The fourth-order valence-corrected chi connectivity index (χ4v) is 2.91. The van der Waals surface area contributed by atoms with Crippen molar-refractivity contribution in [2.75, 3.05) is 26.2 Å². The van der Waals surface area contributed by atoms with Crippen LogP contribution in [0.1, 0.15) is 26.3 Å². The van der Waals surface area contributed by atoms with E-state index in [2.05, 4.69) is 46.5 Å². The highest BCUT2D eigenvalue weighted by atomic mass is 79.9. The molecule has 1 N–H and O–H groups in total. The van der Waals surface area contributed by atoms with Gasteiger partial charge in [-0.05, 0) is 54.4 Å². The van der Waals surface area contributed by atoms with Crippen LogP contribution < -0.4 is 0 Å². The van der Waals surface area contributed by atoms with Crippen molar-refractivity contribution < 1.29 is 5.11 Å². The third-order valence-electron chi connectivity index (χ3n) is 3.74.